The van der Waals surface area contributed by atoms with Crippen molar-refractivity contribution in [2.45, 2.75) is 52.2 Å². The van der Waals surface area contributed by atoms with Gasteiger partial charge < -0.3 is 14.4 Å². The van der Waals surface area contributed by atoms with E-state index >= 15 is 0 Å². The summed E-state index contributed by atoms with van der Waals surface area (Å²) in [6.45, 7) is 4.77. The molecule has 1 saturated carbocycles. The summed E-state index contributed by atoms with van der Waals surface area (Å²) in [7, 11) is 0. The van der Waals surface area contributed by atoms with Crippen molar-refractivity contribution >= 4 is 0 Å². The lowest BCUT2D eigenvalue weighted by molar-refractivity contribution is 0.000631. The molecule has 0 aromatic carbocycles. The first-order chi connectivity index (χ1) is 8.20. The molecule has 1 heterocycles. The first-order valence-corrected chi connectivity index (χ1v) is 6.35. The Kier molecular flexibility index (Phi) is 4.18. The van der Waals surface area contributed by atoms with Crippen molar-refractivity contribution in [1.29, 1.82) is 0 Å². The third-order valence-electron chi connectivity index (χ3n) is 3.70. The van der Waals surface area contributed by atoms with Crippen LogP contribution in [0.3, 0.4) is 0 Å². The largest absolute Gasteiger partial charge is 0.396 e. The van der Waals surface area contributed by atoms with E-state index in [1.165, 1.54) is 0 Å². The summed E-state index contributed by atoms with van der Waals surface area (Å²) >= 11 is 0. The summed E-state index contributed by atoms with van der Waals surface area (Å²) in [5, 5.41) is 13.0. The molecule has 2 rings (SSSR count). The molecule has 0 aliphatic heterocycles. The molecule has 0 radical (unpaired) electrons. The molecule has 1 N–H and O–H groups in total. The van der Waals surface area contributed by atoms with Gasteiger partial charge >= 0.3 is 0 Å². The molecule has 17 heavy (non-hydrogen) atoms. The van der Waals surface area contributed by atoms with Crippen LogP contribution in [0, 0.1) is 19.8 Å². The molecule has 1 aliphatic carbocycles. The average Bonchev–Trinajstić information content (AvgIpc) is 2.67. The summed E-state index contributed by atoms with van der Waals surface area (Å²) in [6.07, 6.45) is 4.57. The van der Waals surface area contributed by atoms with E-state index in [1.807, 2.05) is 13.8 Å². The second kappa shape index (κ2) is 5.65. The van der Waals surface area contributed by atoms with E-state index in [2.05, 4.69) is 5.16 Å². The van der Waals surface area contributed by atoms with Crippen LogP contribution >= 0.6 is 0 Å². The van der Waals surface area contributed by atoms with Gasteiger partial charge in [0.25, 0.3) is 0 Å². The van der Waals surface area contributed by atoms with Crippen LogP contribution in [-0.4, -0.2) is 23.0 Å². The number of hydrogen-bond acceptors (Lipinski definition) is 4. The van der Waals surface area contributed by atoms with Crippen molar-refractivity contribution in [2.24, 2.45) is 5.92 Å². The molecule has 1 fully saturated rings. The van der Waals surface area contributed by atoms with Crippen LogP contribution in [0.15, 0.2) is 4.52 Å². The van der Waals surface area contributed by atoms with Gasteiger partial charge in [-0.3, -0.25) is 0 Å². The smallest absolute Gasteiger partial charge is 0.139 e. The van der Waals surface area contributed by atoms with Gasteiger partial charge in [-0.15, -0.1) is 0 Å². The van der Waals surface area contributed by atoms with E-state index in [1.54, 1.807) is 0 Å². The van der Waals surface area contributed by atoms with E-state index < -0.39 is 0 Å². The summed E-state index contributed by atoms with van der Waals surface area (Å²) in [5.74, 6) is 1.33. The van der Waals surface area contributed by atoms with E-state index in [9.17, 15) is 0 Å². The van der Waals surface area contributed by atoms with Gasteiger partial charge in [0.1, 0.15) is 5.76 Å². The molecule has 96 valence electrons. The third kappa shape index (κ3) is 3.07. The SMILES string of the molecule is Cc1noc(C)c1COC1CCC(CO)CC1. The lowest BCUT2D eigenvalue weighted by atomic mass is 9.88. The molecule has 4 heteroatoms. The topological polar surface area (TPSA) is 55.5 Å². The fourth-order valence-electron chi connectivity index (χ4n) is 2.39. The molecule has 0 bridgehead atoms. The predicted molar refractivity (Wildman–Crippen MR) is 63.6 cm³/mol. The molecular weight excluding hydrogens is 218 g/mol. The molecular formula is C13H21NO3. The van der Waals surface area contributed by atoms with Gasteiger partial charge in [0.2, 0.25) is 0 Å². The van der Waals surface area contributed by atoms with Crippen LogP contribution < -0.4 is 0 Å². The normalized spacial score (nSPS) is 25.1. The first kappa shape index (κ1) is 12.6. The van der Waals surface area contributed by atoms with Crippen molar-refractivity contribution < 1.29 is 14.4 Å². The molecule has 0 amide bonds. The highest BCUT2D eigenvalue weighted by Crippen LogP contribution is 2.27. The van der Waals surface area contributed by atoms with E-state index in [0.29, 0.717) is 25.2 Å². The van der Waals surface area contributed by atoms with Gasteiger partial charge in [0.05, 0.1) is 18.4 Å². The Morgan fingerprint density at radius 2 is 2.00 bits per heavy atom. The second-order valence-corrected chi connectivity index (χ2v) is 4.94. The monoisotopic (exact) mass is 239 g/mol. The minimum Gasteiger partial charge on any atom is -0.396 e. The molecule has 0 saturated heterocycles. The summed E-state index contributed by atoms with van der Waals surface area (Å²) < 4.78 is 11.0. The van der Waals surface area contributed by atoms with E-state index in [-0.39, 0.29) is 0 Å². The first-order valence-electron chi connectivity index (χ1n) is 6.35. The molecule has 1 aliphatic rings. The highest BCUT2D eigenvalue weighted by molar-refractivity contribution is 5.19. The molecule has 1 aromatic heterocycles. The lowest BCUT2D eigenvalue weighted by Gasteiger charge is -2.27. The number of aromatic nitrogens is 1. The van der Waals surface area contributed by atoms with Crippen molar-refractivity contribution in [3.05, 3.63) is 17.0 Å². The maximum atomic E-state index is 9.07. The quantitative estimate of drug-likeness (QED) is 0.876. The van der Waals surface area contributed by atoms with Gasteiger partial charge in [-0.1, -0.05) is 5.16 Å². The van der Waals surface area contributed by atoms with Gasteiger partial charge in [-0.05, 0) is 45.4 Å². The van der Waals surface area contributed by atoms with Gasteiger partial charge in [-0.25, -0.2) is 0 Å². The van der Waals surface area contributed by atoms with Gasteiger partial charge in [0, 0.05) is 12.2 Å². The Hall–Kier alpha value is -0.870. The summed E-state index contributed by atoms with van der Waals surface area (Å²) in [5.41, 5.74) is 2.00. The number of aryl methyl sites for hydroxylation is 2. The molecule has 0 atom stereocenters. The maximum absolute atomic E-state index is 9.07. The standard InChI is InChI=1S/C13H21NO3/c1-9-13(10(2)17-14-9)8-16-12-5-3-11(7-15)4-6-12/h11-12,15H,3-8H2,1-2H3. The highest BCUT2D eigenvalue weighted by Gasteiger charge is 2.21. The van der Waals surface area contributed by atoms with Crippen molar-refractivity contribution in [2.75, 3.05) is 6.61 Å². The Morgan fingerprint density at radius 3 is 2.53 bits per heavy atom. The number of nitrogens with zero attached hydrogens (tertiary/aromatic N) is 1. The number of ether oxygens (including phenoxy) is 1. The zero-order chi connectivity index (χ0) is 12.3. The Balaban J connectivity index is 1.80. The minimum atomic E-state index is 0.316. The van der Waals surface area contributed by atoms with E-state index in [4.69, 9.17) is 14.4 Å². The number of aliphatic hydroxyl groups excluding tert-OH is 1. The zero-order valence-corrected chi connectivity index (χ0v) is 10.6. The number of aliphatic hydroxyl groups is 1. The predicted octanol–water partition coefficient (Wildman–Crippen LogP) is 2.36. The van der Waals surface area contributed by atoms with Crippen LogP contribution in [0.5, 0.6) is 0 Å². The van der Waals surface area contributed by atoms with Crippen molar-refractivity contribution in [3.63, 3.8) is 0 Å². The zero-order valence-electron chi connectivity index (χ0n) is 10.6. The van der Waals surface area contributed by atoms with E-state index in [0.717, 1.165) is 42.7 Å². The highest BCUT2D eigenvalue weighted by atomic mass is 16.5. The lowest BCUT2D eigenvalue weighted by Crippen LogP contribution is -2.23. The fraction of sp³-hybridized carbons (Fsp3) is 0.769. The Morgan fingerprint density at radius 1 is 1.29 bits per heavy atom. The third-order valence-corrected chi connectivity index (χ3v) is 3.70. The molecule has 0 unspecified atom stereocenters. The average molecular weight is 239 g/mol. The Labute approximate surface area is 102 Å². The van der Waals surface area contributed by atoms with Crippen LogP contribution in [0.25, 0.3) is 0 Å². The summed E-state index contributed by atoms with van der Waals surface area (Å²) in [4.78, 5) is 0. The molecule has 4 nitrogen and oxygen atoms in total. The number of rotatable bonds is 4. The number of hydrogen-bond donors (Lipinski definition) is 1. The van der Waals surface area contributed by atoms with Crippen LogP contribution in [-0.2, 0) is 11.3 Å². The van der Waals surface area contributed by atoms with Crippen molar-refractivity contribution in [3.8, 4) is 0 Å². The molecule has 1 aromatic rings. The minimum absolute atomic E-state index is 0.316. The van der Waals surface area contributed by atoms with Crippen LogP contribution in [0.4, 0.5) is 0 Å². The van der Waals surface area contributed by atoms with Crippen LogP contribution in [0.1, 0.15) is 42.7 Å². The molecule has 0 spiro atoms. The van der Waals surface area contributed by atoms with Crippen LogP contribution in [0.2, 0.25) is 0 Å². The van der Waals surface area contributed by atoms with Crippen molar-refractivity contribution in [1.82, 2.24) is 5.16 Å². The Bertz CT molecular complexity index is 334. The fourth-order valence-corrected chi connectivity index (χ4v) is 2.39. The van der Waals surface area contributed by atoms with Gasteiger partial charge in [-0.2, -0.15) is 0 Å². The second-order valence-electron chi connectivity index (χ2n) is 4.94. The summed E-state index contributed by atoms with van der Waals surface area (Å²) in [6, 6.07) is 0. The maximum Gasteiger partial charge on any atom is 0.139 e. The van der Waals surface area contributed by atoms with Gasteiger partial charge in [0.15, 0.2) is 0 Å².